The molecule has 0 fully saturated rings. The fourth-order valence-electron chi connectivity index (χ4n) is 0.911. The number of nitrogens with one attached hydrogen (secondary N) is 1. The first-order valence-corrected chi connectivity index (χ1v) is 5.33. The fraction of sp³-hybridized carbons (Fsp3) is 0.900. The predicted octanol–water partition coefficient (Wildman–Crippen LogP) is 0.657. The van der Waals surface area contributed by atoms with Gasteiger partial charge in [-0.05, 0) is 12.8 Å². The van der Waals surface area contributed by atoms with Gasteiger partial charge in [0, 0.05) is 13.2 Å². The third-order valence-electron chi connectivity index (χ3n) is 1.96. The lowest BCUT2D eigenvalue weighted by molar-refractivity contribution is -0.122. The van der Waals surface area contributed by atoms with Crippen LogP contribution in [0.5, 0.6) is 0 Å². The Labute approximate surface area is 86.2 Å². The fourth-order valence-corrected chi connectivity index (χ4v) is 0.911. The third kappa shape index (κ3) is 6.86. The number of nitrogens with two attached hydrogens (primary N) is 1. The zero-order chi connectivity index (χ0) is 10.8. The molecule has 14 heavy (non-hydrogen) atoms. The Hall–Kier alpha value is -0.610. The van der Waals surface area contributed by atoms with Gasteiger partial charge >= 0.3 is 0 Å². The molecule has 0 aliphatic rings. The summed E-state index contributed by atoms with van der Waals surface area (Å²) in [5.41, 5.74) is 5.53. The van der Waals surface area contributed by atoms with Crippen molar-refractivity contribution in [3.63, 3.8) is 0 Å². The molecule has 0 bridgehead atoms. The number of hydrogen-bond donors (Lipinski definition) is 2. The second-order valence-electron chi connectivity index (χ2n) is 3.27. The Kier molecular flexibility index (Phi) is 8.57. The van der Waals surface area contributed by atoms with Gasteiger partial charge in [-0.1, -0.05) is 20.3 Å². The van der Waals surface area contributed by atoms with E-state index in [-0.39, 0.29) is 11.9 Å². The van der Waals surface area contributed by atoms with Crippen LogP contribution in [-0.2, 0) is 9.53 Å². The van der Waals surface area contributed by atoms with E-state index in [1.165, 1.54) is 0 Å². The molecule has 3 N–H and O–H groups in total. The summed E-state index contributed by atoms with van der Waals surface area (Å²) in [6.07, 6.45) is 2.87. The molecule has 84 valence electrons. The molecular weight excluding hydrogens is 180 g/mol. The van der Waals surface area contributed by atoms with Crippen molar-refractivity contribution in [3.8, 4) is 0 Å². The van der Waals surface area contributed by atoms with Crippen LogP contribution in [0, 0.1) is 0 Å². The first-order valence-electron chi connectivity index (χ1n) is 5.33. The number of carbonyl (C=O) groups is 1. The van der Waals surface area contributed by atoms with Crippen molar-refractivity contribution in [1.82, 2.24) is 5.32 Å². The van der Waals surface area contributed by atoms with Crippen LogP contribution >= 0.6 is 0 Å². The Balaban J connectivity index is 3.23. The molecule has 0 aromatic rings. The topological polar surface area (TPSA) is 64.3 Å². The predicted molar refractivity (Wildman–Crippen MR) is 57.0 cm³/mol. The molecule has 4 nitrogen and oxygen atoms in total. The van der Waals surface area contributed by atoms with E-state index in [1.54, 1.807) is 0 Å². The standard InChI is InChI=1S/C10H22N2O2/c1-3-5-7-14-8-6-12-10(13)9(11)4-2/h9H,3-8,11H2,1-2H3,(H,12,13). The van der Waals surface area contributed by atoms with Crippen LogP contribution in [0.4, 0.5) is 0 Å². The van der Waals surface area contributed by atoms with Crippen molar-refractivity contribution in [1.29, 1.82) is 0 Å². The van der Waals surface area contributed by atoms with E-state index in [1.807, 2.05) is 6.92 Å². The van der Waals surface area contributed by atoms with Gasteiger partial charge in [-0.3, -0.25) is 4.79 Å². The average Bonchev–Trinajstić information content (AvgIpc) is 2.21. The molecule has 1 unspecified atom stereocenters. The molecule has 0 aliphatic heterocycles. The summed E-state index contributed by atoms with van der Waals surface area (Å²) < 4.78 is 5.28. The SMILES string of the molecule is CCCCOCCNC(=O)C(N)CC. The van der Waals surface area contributed by atoms with E-state index in [4.69, 9.17) is 10.5 Å². The van der Waals surface area contributed by atoms with E-state index >= 15 is 0 Å². The average molecular weight is 202 g/mol. The monoisotopic (exact) mass is 202 g/mol. The summed E-state index contributed by atoms with van der Waals surface area (Å²) in [5, 5.41) is 2.72. The van der Waals surface area contributed by atoms with Gasteiger partial charge in [-0.25, -0.2) is 0 Å². The van der Waals surface area contributed by atoms with Gasteiger partial charge in [0.25, 0.3) is 0 Å². The summed E-state index contributed by atoms with van der Waals surface area (Å²) >= 11 is 0. The van der Waals surface area contributed by atoms with E-state index in [9.17, 15) is 4.79 Å². The zero-order valence-corrected chi connectivity index (χ0v) is 9.21. The molecular formula is C10H22N2O2. The van der Waals surface area contributed by atoms with Gasteiger partial charge in [0.05, 0.1) is 12.6 Å². The summed E-state index contributed by atoms with van der Waals surface area (Å²) in [6.45, 7) is 5.90. The van der Waals surface area contributed by atoms with Crippen molar-refractivity contribution >= 4 is 5.91 Å². The summed E-state index contributed by atoms with van der Waals surface area (Å²) in [5.74, 6) is -0.0911. The molecule has 0 saturated heterocycles. The van der Waals surface area contributed by atoms with Crippen molar-refractivity contribution in [3.05, 3.63) is 0 Å². The molecule has 1 amide bonds. The lowest BCUT2D eigenvalue weighted by Gasteiger charge is -2.09. The van der Waals surface area contributed by atoms with Crippen molar-refractivity contribution in [2.24, 2.45) is 5.73 Å². The normalized spacial score (nSPS) is 12.5. The minimum atomic E-state index is -0.384. The Morgan fingerprint density at radius 2 is 2.14 bits per heavy atom. The molecule has 0 heterocycles. The van der Waals surface area contributed by atoms with Crippen molar-refractivity contribution in [2.75, 3.05) is 19.8 Å². The van der Waals surface area contributed by atoms with E-state index in [0.717, 1.165) is 19.4 Å². The Morgan fingerprint density at radius 1 is 1.43 bits per heavy atom. The Morgan fingerprint density at radius 3 is 2.71 bits per heavy atom. The highest BCUT2D eigenvalue weighted by molar-refractivity contribution is 5.81. The third-order valence-corrected chi connectivity index (χ3v) is 1.96. The molecule has 0 saturated carbocycles. The maximum atomic E-state index is 11.2. The van der Waals surface area contributed by atoms with Crippen molar-refractivity contribution in [2.45, 2.75) is 39.2 Å². The van der Waals surface area contributed by atoms with Gasteiger partial charge in [0.1, 0.15) is 0 Å². The molecule has 0 aliphatic carbocycles. The number of carbonyl (C=O) groups excluding carboxylic acids is 1. The molecule has 0 radical (unpaired) electrons. The van der Waals surface area contributed by atoms with Crippen LogP contribution < -0.4 is 11.1 Å². The zero-order valence-electron chi connectivity index (χ0n) is 9.21. The second-order valence-corrected chi connectivity index (χ2v) is 3.27. The maximum Gasteiger partial charge on any atom is 0.236 e. The van der Waals surface area contributed by atoms with Crippen molar-refractivity contribution < 1.29 is 9.53 Å². The smallest absolute Gasteiger partial charge is 0.236 e. The highest BCUT2D eigenvalue weighted by atomic mass is 16.5. The number of amides is 1. The minimum absolute atomic E-state index is 0.0911. The molecule has 0 aromatic heterocycles. The van der Waals surface area contributed by atoms with Crippen LogP contribution in [-0.4, -0.2) is 31.7 Å². The van der Waals surface area contributed by atoms with Gasteiger partial charge < -0.3 is 15.8 Å². The first kappa shape index (κ1) is 13.4. The summed E-state index contributed by atoms with van der Waals surface area (Å²) in [6, 6.07) is -0.384. The highest BCUT2D eigenvalue weighted by Crippen LogP contribution is 1.87. The second kappa shape index (κ2) is 8.97. The lowest BCUT2D eigenvalue weighted by atomic mass is 10.2. The van der Waals surface area contributed by atoms with Gasteiger partial charge in [0.15, 0.2) is 0 Å². The van der Waals surface area contributed by atoms with E-state index < -0.39 is 0 Å². The molecule has 0 spiro atoms. The van der Waals surface area contributed by atoms with Crippen LogP contribution in [0.1, 0.15) is 33.1 Å². The molecule has 0 aromatic carbocycles. The van der Waals surface area contributed by atoms with Crippen LogP contribution in [0.25, 0.3) is 0 Å². The maximum absolute atomic E-state index is 11.2. The first-order chi connectivity index (χ1) is 6.72. The van der Waals surface area contributed by atoms with E-state index in [2.05, 4.69) is 12.2 Å². The molecule has 4 heteroatoms. The summed E-state index contributed by atoms with van der Waals surface area (Å²) in [4.78, 5) is 11.2. The van der Waals surface area contributed by atoms with Gasteiger partial charge in [-0.2, -0.15) is 0 Å². The number of ether oxygens (including phenoxy) is 1. The van der Waals surface area contributed by atoms with E-state index in [0.29, 0.717) is 19.6 Å². The highest BCUT2D eigenvalue weighted by Gasteiger charge is 2.08. The quantitative estimate of drug-likeness (QED) is 0.568. The number of hydrogen-bond acceptors (Lipinski definition) is 3. The Bertz CT molecular complexity index is 151. The lowest BCUT2D eigenvalue weighted by Crippen LogP contribution is -2.41. The largest absolute Gasteiger partial charge is 0.380 e. The van der Waals surface area contributed by atoms with Gasteiger partial charge in [-0.15, -0.1) is 0 Å². The number of rotatable bonds is 8. The van der Waals surface area contributed by atoms with Crippen LogP contribution in [0.15, 0.2) is 0 Å². The molecule has 0 rings (SSSR count). The van der Waals surface area contributed by atoms with Gasteiger partial charge in [0.2, 0.25) is 5.91 Å². The summed E-state index contributed by atoms with van der Waals surface area (Å²) in [7, 11) is 0. The molecule has 1 atom stereocenters. The number of unbranched alkanes of at least 4 members (excludes halogenated alkanes) is 1. The minimum Gasteiger partial charge on any atom is -0.380 e. The van der Waals surface area contributed by atoms with Crippen LogP contribution in [0.3, 0.4) is 0 Å². The van der Waals surface area contributed by atoms with Crippen LogP contribution in [0.2, 0.25) is 0 Å².